The number of hydrogen-bond donors (Lipinski definition) is 3. The van der Waals surface area contributed by atoms with Gasteiger partial charge < -0.3 is 11.1 Å². The van der Waals surface area contributed by atoms with Crippen molar-refractivity contribution in [3.05, 3.63) is 40.8 Å². The zero-order chi connectivity index (χ0) is 12.3. The van der Waals surface area contributed by atoms with E-state index in [0.29, 0.717) is 23.1 Å². The minimum atomic E-state index is -0.290. The number of rotatable bonds is 3. The molecule has 0 radical (unpaired) electrons. The van der Waals surface area contributed by atoms with Crippen LogP contribution in [0.25, 0.3) is 0 Å². The number of aromatic amines is 1. The van der Waals surface area contributed by atoms with Crippen molar-refractivity contribution in [2.75, 3.05) is 5.73 Å². The number of anilines is 1. The third-order valence-electron chi connectivity index (χ3n) is 2.15. The Morgan fingerprint density at radius 1 is 1.47 bits per heavy atom. The number of nitrogens with one attached hydrogen (secondary N) is 2. The highest BCUT2D eigenvalue weighted by atomic mass is 35.5. The van der Waals surface area contributed by atoms with Crippen molar-refractivity contribution in [3.8, 4) is 0 Å². The molecule has 2 aromatic rings. The van der Waals surface area contributed by atoms with Crippen molar-refractivity contribution in [2.45, 2.75) is 6.54 Å². The van der Waals surface area contributed by atoms with Crippen molar-refractivity contribution >= 4 is 23.3 Å². The number of nitrogens with zero attached hydrogens (tertiary/aromatic N) is 2. The van der Waals surface area contributed by atoms with Crippen LogP contribution in [0.15, 0.2) is 24.5 Å². The van der Waals surface area contributed by atoms with Crippen LogP contribution in [0.4, 0.5) is 5.82 Å². The maximum absolute atomic E-state index is 11.7. The molecule has 0 atom stereocenters. The highest BCUT2D eigenvalue weighted by molar-refractivity contribution is 6.30. The van der Waals surface area contributed by atoms with E-state index in [1.807, 2.05) is 0 Å². The van der Waals surface area contributed by atoms with Crippen LogP contribution in [0.3, 0.4) is 0 Å². The highest BCUT2D eigenvalue weighted by Crippen LogP contribution is 2.07. The van der Waals surface area contributed by atoms with E-state index in [2.05, 4.69) is 20.5 Å². The van der Waals surface area contributed by atoms with Crippen molar-refractivity contribution in [2.24, 2.45) is 0 Å². The van der Waals surface area contributed by atoms with Gasteiger partial charge in [0.2, 0.25) is 0 Å². The van der Waals surface area contributed by atoms with Crippen LogP contribution in [0, 0.1) is 0 Å². The summed E-state index contributed by atoms with van der Waals surface area (Å²) in [6, 6.07) is 3.16. The Labute approximate surface area is 102 Å². The molecule has 0 aliphatic rings. The summed E-state index contributed by atoms with van der Waals surface area (Å²) in [6.45, 7) is 0.297. The molecule has 0 fully saturated rings. The first-order chi connectivity index (χ1) is 8.16. The molecule has 0 saturated heterocycles. The maximum Gasteiger partial charge on any atom is 0.270 e. The molecule has 4 N–H and O–H groups in total. The van der Waals surface area contributed by atoms with Gasteiger partial charge in [-0.1, -0.05) is 11.6 Å². The molecule has 88 valence electrons. The van der Waals surface area contributed by atoms with Crippen LogP contribution in [-0.4, -0.2) is 21.1 Å². The number of carbonyl (C=O) groups excluding carboxylic acids is 1. The number of halogens is 1. The molecule has 0 unspecified atom stereocenters. The Balaban J connectivity index is 1.98. The van der Waals surface area contributed by atoms with Gasteiger partial charge in [0.05, 0.1) is 11.2 Å². The predicted octanol–water partition coefficient (Wildman–Crippen LogP) is 0.970. The fourth-order valence-electron chi connectivity index (χ4n) is 1.24. The maximum atomic E-state index is 11.7. The third kappa shape index (κ3) is 2.73. The summed E-state index contributed by atoms with van der Waals surface area (Å²) in [5.41, 5.74) is 6.61. The lowest BCUT2D eigenvalue weighted by Gasteiger charge is -2.03. The van der Waals surface area contributed by atoms with Crippen LogP contribution >= 0.6 is 11.6 Å². The second-order valence-corrected chi connectivity index (χ2v) is 3.79. The van der Waals surface area contributed by atoms with Crippen LogP contribution < -0.4 is 11.1 Å². The van der Waals surface area contributed by atoms with Crippen molar-refractivity contribution in [3.63, 3.8) is 0 Å². The van der Waals surface area contributed by atoms with Gasteiger partial charge in [0, 0.05) is 18.3 Å². The molecule has 0 aliphatic carbocycles. The van der Waals surface area contributed by atoms with E-state index in [9.17, 15) is 4.79 Å². The zero-order valence-electron chi connectivity index (χ0n) is 8.77. The quantitative estimate of drug-likeness (QED) is 0.757. The van der Waals surface area contributed by atoms with Crippen molar-refractivity contribution in [1.82, 2.24) is 20.5 Å². The largest absolute Gasteiger partial charge is 0.384 e. The lowest BCUT2D eigenvalue weighted by Crippen LogP contribution is -2.23. The molecule has 0 aromatic carbocycles. The third-order valence-corrected chi connectivity index (χ3v) is 2.37. The number of H-pyrrole nitrogens is 1. The topological polar surface area (TPSA) is 96.7 Å². The molecule has 2 rings (SSSR count). The van der Waals surface area contributed by atoms with E-state index in [1.165, 1.54) is 6.20 Å². The number of pyridine rings is 1. The van der Waals surface area contributed by atoms with Gasteiger partial charge in [-0.05, 0) is 12.1 Å². The van der Waals surface area contributed by atoms with E-state index in [1.54, 1.807) is 18.3 Å². The first kappa shape index (κ1) is 11.4. The fraction of sp³-hybridized carbons (Fsp3) is 0.100. The number of amides is 1. The van der Waals surface area contributed by atoms with E-state index < -0.39 is 0 Å². The monoisotopic (exact) mass is 251 g/mol. The van der Waals surface area contributed by atoms with Gasteiger partial charge in [-0.15, -0.1) is 0 Å². The van der Waals surface area contributed by atoms with Crippen LogP contribution in [0.2, 0.25) is 5.02 Å². The molecule has 0 bridgehead atoms. The zero-order valence-corrected chi connectivity index (χ0v) is 9.53. The molecule has 0 saturated carbocycles. The number of nitrogen functional groups attached to an aromatic ring is 1. The summed E-state index contributed by atoms with van der Waals surface area (Å²) >= 11 is 5.67. The smallest absolute Gasteiger partial charge is 0.270 e. The molecule has 1 amide bonds. The number of nitrogens with two attached hydrogens (primary N) is 1. The average Bonchev–Trinajstić information content (AvgIpc) is 2.73. The van der Waals surface area contributed by atoms with E-state index in [-0.39, 0.29) is 5.91 Å². The second-order valence-electron chi connectivity index (χ2n) is 3.35. The molecule has 0 spiro atoms. The summed E-state index contributed by atoms with van der Waals surface area (Å²) in [7, 11) is 0. The highest BCUT2D eigenvalue weighted by Gasteiger charge is 2.08. The number of hydrogen-bond acceptors (Lipinski definition) is 4. The summed E-state index contributed by atoms with van der Waals surface area (Å²) in [5.74, 6) is 0.150. The minimum Gasteiger partial charge on any atom is -0.384 e. The van der Waals surface area contributed by atoms with Gasteiger partial charge in [0.25, 0.3) is 5.91 Å². The summed E-state index contributed by atoms with van der Waals surface area (Å²) < 4.78 is 0. The average molecular weight is 252 g/mol. The summed E-state index contributed by atoms with van der Waals surface area (Å²) in [4.78, 5) is 15.6. The Kier molecular flexibility index (Phi) is 3.24. The number of carbonyl (C=O) groups is 1. The Morgan fingerprint density at radius 3 is 2.88 bits per heavy atom. The van der Waals surface area contributed by atoms with E-state index in [0.717, 1.165) is 5.56 Å². The molecular formula is C10H10ClN5O. The molecule has 17 heavy (non-hydrogen) atoms. The van der Waals surface area contributed by atoms with Crippen LogP contribution in [-0.2, 0) is 6.54 Å². The first-order valence-corrected chi connectivity index (χ1v) is 5.22. The molecule has 6 nitrogen and oxygen atoms in total. The Bertz CT molecular complexity index is 522. The minimum absolute atomic E-state index is 0.290. The summed E-state index contributed by atoms with van der Waals surface area (Å²) in [5, 5.41) is 9.50. The van der Waals surface area contributed by atoms with Gasteiger partial charge in [-0.3, -0.25) is 9.89 Å². The fourth-order valence-corrected chi connectivity index (χ4v) is 1.35. The van der Waals surface area contributed by atoms with Crippen molar-refractivity contribution in [1.29, 1.82) is 0 Å². The number of aromatic nitrogens is 3. The molecule has 7 heteroatoms. The van der Waals surface area contributed by atoms with Crippen LogP contribution in [0.1, 0.15) is 16.1 Å². The van der Waals surface area contributed by atoms with E-state index >= 15 is 0 Å². The molecule has 2 aromatic heterocycles. The SMILES string of the molecule is Nc1[nH]ncc1CNC(=O)c1ccc(Cl)cn1. The van der Waals surface area contributed by atoms with Crippen molar-refractivity contribution < 1.29 is 4.79 Å². The summed E-state index contributed by atoms with van der Waals surface area (Å²) in [6.07, 6.45) is 2.98. The second kappa shape index (κ2) is 4.84. The van der Waals surface area contributed by atoms with Gasteiger partial charge >= 0.3 is 0 Å². The lowest BCUT2D eigenvalue weighted by molar-refractivity contribution is 0.0946. The van der Waals surface area contributed by atoms with E-state index in [4.69, 9.17) is 17.3 Å². The Morgan fingerprint density at radius 2 is 2.29 bits per heavy atom. The standard InChI is InChI=1S/C10H10ClN5O/c11-7-1-2-8(13-5-7)10(17)14-3-6-4-15-16-9(6)12/h1-2,4-5H,3H2,(H,14,17)(H3,12,15,16). The predicted molar refractivity (Wildman–Crippen MR) is 63.4 cm³/mol. The van der Waals surface area contributed by atoms with Gasteiger partial charge in [0.15, 0.2) is 0 Å². The lowest BCUT2D eigenvalue weighted by atomic mass is 10.3. The van der Waals surface area contributed by atoms with Gasteiger partial charge in [0.1, 0.15) is 11.5 Å². The molecular weight excluding hydrogens is 242 g/mol. The van der Waals surface area contributed by atoms with Gasteiger partial charge in [-0.2, -0.15) is 5.10 Å². The van der Waals surface area contributed by atoms with Gasteiger partial charge in [-0.25, -0.2) is 4.98 Å². The molecule has 2 heterocycles. The molecule has 0 aliphatic heterocycles. The Hall–Kier alpha value is -2.08. The normalized spacial score (nSPS) is 10.2. The first-order valence-electron chi connectivity index (χ1n) is 4.84. The van der Waals surface area contributed by atoms with Crippen LogP contribution in [0.5, 0.6) is 0 Å².